The minimum atomic E-state index is -3.62. The molecule has 1 atom stereocenters. The maximum Gasteiger partial charge on any atom is 0.331 e. The van der Waals surface area contributed by atoms with Crippen LogP contribution in [0.4, 0.5) is 0 Å². The second-order valence-electron chi connectivity index (χ2n) is 5.49. The van der Waals surface area contributed by atoms with Gasteiger partial charge in [0, 0.05) is 0 Å². The van der Waals surface area contributed by atoms with Crippen molar-refractivity contribution in [1.29, 1.82) is 5.26 Å². The van der Waals surface area contributed by atoms with Gasteiger partial charge in [-0.2, -0.15) is 5.26 Å². The summed E-state index contributed by atoms with van der Waals surface area (Å²) < 4.78 is 30.2. The summed E-state index contributed by atoms with van der Waals surface area (Å²) in [6.07, 6.45) is -0.177. The Morgan fingerprint density at radius 3 is 2.16 bits per heavy atom. The molecule has 0 N–H and O–H groups in total. The maximum atomic E-state index is 12.5. The van der Waals surface area contributed by atoms with E-state index >= 15 is 0 Å². The summed E-state index contributed by atoms with van der Waals surface area (Å²) in [7, 11) is -3.62. The molecule has 2 rings (SSSR count). The van der Waals surface area contributed by atoms with Crippen LogP contribution in [0.2, 0.25) is 0 Å². The summed E-state index contributed by atoms with van der Waals surface area (Å²) in [6.45, 7) is 1.76. The Bertz CT molecular complexity index is 857. The van der Waals surface area contributed by atoms with Crippen molar-refractivity contribution < 1.29 is 17.9 Å². The highest BCUT2D eigenvalue weighted by Crippen LogP contribution is 2.31. The third kappa shape index (κ3) is 4.06. The molecule has 25 heavy (non-hydrogen) atoms. The van der Waals surface area contributed by atoms with Crippen molar-refractivity contribution in [1.82, 2.24) is 0 Å². The number of ether oxygens (including phenoxy) is 1. The Hall–Kier alpha value is -2.65. The summed E-state index contributed by atoms with van der Waals surface area (Å²) in [5.74, 6) is -1.06. The zero-order valence-corrected chi connectivity index (χ0v) is 14.7. The van der Waals surface area contributed by atoms with Crippen LogP contribution in [0, 0.1) is 11.3 Å². The number of carbonyl (C=O) groups is 1. The summed E-state index contributed by atoms with van der Waals surface area (Å²) in [6, 6.07) is 18.4. The Balaban J connectivity index is 2.38. The zero-order chi connectivity index (χ0) is 18.3. The highest BCUT2D eigenvalue weighted by molar-refractivity contribution is 7.91. The fourth-order valence-corrected chi connectivity index (χ4v) is 3.92. The highest BCUT2D eigenvalue weighted by Gasteiger charge is 2.43. The second-order valence-corrected chi connectivity index (χ2v) is 7.59. The number of carbonyl (C=O) groups excluding carboxylic acids is 1. The first kappa shape index (κ1) is 18.7. The van der Waals surface area contributed by atoms with Gasteiger partial charge >= 0.3 is 5.97 Å². The summed E-state index contributed by atoms with van der Waals surface area (Å²) >= 11 is 0. The van der Waals surface area contributed by atoms with Crippen molar-refractivity contribution in [2.75, 3.05) is 12.4 Å². The van der Waals surface area contributed by atoms with Gasteiger partial charge in [0.05, 0.1) is 23.3 Å². The lowest BCUT2D eigenvalue weighted by atomic mass is 9.79. The molecule has 0 fully saturated rings. The standard InChI is InChI=1S/C19H19NO4S/c1-2-24-18(21)19(15-20,16-9-5-3-6-10-16)13-14-25(22,23)17-11-7-4-8-12-17/h3-12H,2,13-14H2,1H3. The van der Waals surface area contributed by atoms with Gasteiger partial charge in [0.25, 0.3) is 0 Å². The average molecular weight is 357 g/mol. The molecule has 2 aromatic rings. The van der Waals surface area contributed by atoms with Crippen molar-refractivity contribution in [3.8, 4) is 6.07 Å². The molecular weight excluding hydrogens is 338 g/mol. The summed E-state index contributed by atoms with van der Waals surface area (Å²) in [4.78, 5) is 12.7. The molecule has 1 unspecified atom stereocenters. The molecule has 0 amide bonds. The van der Waals surface area contributed by atoms with Crippen molar-refractivity contribution in [3.05, 3.63) is 66.2 Å². The topological polar surface area (TPSA) is 84.2 Å². The molecule has 0 aromatic heterocycles. The molecule has 0 aliphatic carbocycles. The fraction of sp³-hybridized carbons (Fsp3) is 0.263. The van der Waals surface area contributed by atoms with Gasteiger partial charge in [-0.15, -0.1) is 0 Å². The molecule has 0 saturated carbocycles. The molecule has 0 saturated heterocycles. The summed E-state index contributed by atoms with van der Waals surface area (Å²) in [5.41, 5.74) is -1.22. The second kappa shape index (κ2) is 7.95. The van der Waals surface area contributed by atoms with E-state index in [1.807, 2.05) is 6.07 Å². The zero-order valence-electron chi connectivity index (χ0n) is 13.9. The van der Waals surface area contributed by atoms with E-state index in [2.05, 4.69) is 0 Å². The molecule has 0 spiro atoms. The van der Waals surface area contributed by atoms with Crippen LogP contribution in [0.3, 0.4) is 0 Å². The van der Waals surface area contributed by atoms with E-state index in [0.29, 0.717) is 5.56 Å². The molecule has 0 heterocycles. The van der Waals surface area contributed by atoms with E-state index < -0.39 is 21.2 Å². The Morgan fingerprint density at radius 2 is 1.64 bits per heavy atom. The van der Waals surface area contributed by atoms with Crippen LogP contribution in [-0.4, -0.2) is 26.7 Å². The smallest absolute Gasteiger partial charge is 0.331 e. The Labute approximate surface area is 147 Å². The normalized spacial score (nSPS) is 13.4. The SMILES string of the molecule is CCOC(=O)C(C#N)(CCS(=O)(=O)c1ccccc1)c1ccccc1. The van der Waals surface area contributed by atoms with Gasteiger partial charge in [-0.25, -0.2) is 13.2 Å². The minimum Gasteiger partial charge on any atom is -0.465 e. The van der Waals surface area contributed by atoms with Crippen LogP contribution >= 0.6 is 0 Å². The Morgan fingerprint density at radius 1 is 1.08 bits per heavy atom. The van der Waals surface area contributed by atoms with Crippen LogP contribution in [0.25, 0.3) is 0 Å². The van der Waals surface area contributed by atoms with Gasteiger partial charge in [-0.3, -0.25) is 0 Å². The van der Waals surface area contributed by atoms with Crippen LogP contribution in [0.15, 0.2) is 65.6 Å². The van der Waals surface area contributed by atoms with E-state index in [0.717, 1.165) is 0 Å². The predicted octanol–water partition coefficient (Wildman–Crippen LogP) is 2.88. The van der Waals surface area contributed by atoms with Gasteiger partial charge in [0.15, 0.2) is 15.3 Å². The number of rotatable bonds is 7. The maximum absolute atomic E-state index is 12.5. The molecule has 0 bridgehead atoms. The van der Waals surface area contributed by atoms with Crippen LogP contribution in [-0.2, 0) is 24.8 Å². The lowest BCUT2D eigenvalue weighted by molar-refractivity contribution is -0.147. The van der Waals surface area contributed by atoms with Crippen LogP contribution in [0.5, 0.6) is 0 Å². The molecule has 5 nitrogen and oxygen atoms in total. The number of hydrogen-bond donors (Lipinski definition) is 0. The third-order valence-electron chi connectivity index (χ3n) is 3.93. The van der Waals surface area contributed by atoms with Crippen molar-refractivity contribution in [2.45, 2.75) is 23.7 Å². The van der Waals surface area contributed by atoms with E-state index in [1.165, 1.54) is 12.1 Å². The number of benzene rings is 2. The number of sulfone groups is 1. The first-order valence-corrected chi connectivity index (χ1v) is 9.53. The number of esters is 1. The molecule has 0 aliphatic rings. The Kier molecular flexibility index (Phi) is 5.94. The molecule has 6 heteroatoms. The predicted molar refractivity (Wildman–Crippen MR) is 93.5 cm³/mol. The number of hydrogen-bond acceptors (Lipinski definition) is 5. The first-order valence-electron chi connectivity index (χ1n) is 7.88. The van der Waals surface area contributed by atoms with Crippen molar-refractivity contribution in [3.63, 3.8) is 0 Å². The molecule has 0 aliphatic heterocycles. The third-order valence-corrected chi connectivity index (χ3v) is 5.66. The lowest BCUT2D eigenvalue weighted by Crippen LogP contribution is -2.38. The van der Waals surface area contributed by atoms with Crippen molar-refractivity contribution in [2.24, 2.45) is 0 Å². The van der Waals surface area contributed by atoms with E-state index in [4.69, 9.17) is 4.74 Å². The molecule has 0 radical (unpaired) electrons. The molecule has 130 valence electrons. The quantitative estimate of drug-likeness (QED) is 0.712. The van der Waals surface area contributed by atoms with Crippen LogP contribution in [0.1, 0.15) is 18.9 Å². The van der Waals surface area contributed by atoms with Crippen molar-refractivity contribution >= 4 is 15.8 Å². The highest BCUT2D eigenvalue weighted by atomic mass is 32.2. The van der Waals surface area contributed by atoms with Gasteiger partial charge in [0.2, 0.25) is 0 Å². The van der Waals surface area contributed by atoms with E-state index in [9.17, 15) is 18.5 Å². The van der Waals surface area contributed by atoms with E-state index in [-0.39, 0.29) is 23.7 Å². The van der Waals surface area contributed by atoms with Gasteiger partial charge in [0.1, 0.15) is 0 Å². The van der Waals surface area contributed by atoms with Gasteiger partial charge < -0.3 is 4.74 Å². The largest absolute Gasteiger partial charge is 0.465 e. The number of nitrogens with zero attached hydrogens (tertiary/aromatic N) is 1. The number of nitriles is 1. The van der Waals surface area contributed by atoms with E-state index in [1.54, 1.807) is 55.5 Å². The monoisotopic (exact) mass is 357 g/mol. The van der Waals surface area contributed by atoms with Crippen LogP contribution < -0.4 is 0 Å². The van der Waals surface area contributed by atoms with Gasteiger partial charge in [-0.05, 0) is 31.0 Å². The summed E-state index contributed by atoms with van der Waals surface area (Å²) in [5, 5.41) is 9.75. The van der Waals surface area contributed by atoms with Gasteiger partial charge in [-0.1, -0.05) is 48.5 Å². The fourth-order valence-electron chi connectivity index (χ4n) is 2.54. The lowest BCUT2D eigenvalue weighted by Gasteiger charge is -2.24. The minimum absolute atomic E-state index is 0.112. The molecule has 2 aromatic carbocycles. The first-order chi connectivity index (χ1) is 12.0. The molecular formula is C19H19NO4S. The average Bonchev–Trinajstić information content (AvgIpc) is 2.64.